The SMILES string of the molecule is CCS(=O)C1CCCC(NC(=NC)NCc2ccc(CN(C)C)cc2)C1. The lowest BCUT2D eigenvalue weighted by Crippen LogP contribution is -2.46. The number of rotatable bonds is 7. The van der Waals surface area contributed by atoms with Crippen LogP contribution < -0.4 is 10.6 Å². The highest BCUT2D eigenvalue weighted by Crippen LogP contribution is 2.23. The molecule has 0 saturated heterocycles. The van der Waals surface area contributed by atoms with E-state index in [9.17, 15) is 4.21 Å². The molecular formula is C20H34N4OS. The molecule has 1 saturated carbocycles. The van der Waals surface area contributed by atoms with E-state index in [1.165, 1.54) is 11.1 Å². The number of nitrogens with one attached hydrogen (secondary N) is 2. The molecule has 1 aromatic rings. The van der Waals surface area contributed by atoms with Crippen LogP contribution in [0, 0.1) is 0 Å². The Hall–Kier alpha value is -1.40. The average molecular weight is 379 g/mol. The van der Waals surface area contributed by atoms with Crippen LogP contribution >= 0.6 is 0 Å². The van der Waals surface area contributed by atoms with E-state index in [2.05, 4.69) is 58.9 Å². The maximum atomic E-state index is 12.1. The van der Waals surface area contributed by atoms with Gasteiger partial charge in [-0.3, -0.25) is 9.20 Å². The summed E-state index contributed by atoms with van der Waals surface area (Å²) in [6.07, 6.45) is 4.32. The summed E-state index contributed by atoms with van der Waals surface area (Å²) in [6.45, 7) is 3.72. The Bertz CT molecular complexity index is 600. The molecule has 5 nitrogen and oxygen atoms in total. The first kappa shape index (κ1) is 20.9. The van der Waals surface area contributed by atoms with E-state index < -0.39 is 10.8 Å². The summed E-state index contributed by atoms with van der Waals surface area (Å²) >= 11 is 0. The molecule has 6 heteroatoms. The van der Waals surface area contributed by atoms with E-state index in [1.807, 2.05) is 6.92 Å². The first-order chi connectivity index (χ1) is 12.5. The molecule has 0 heterocycles. The van der Waals surface area contributed by atoms with E-state index in [-0.39, 0.29) is 0 Å². The van der Waals surface area contributed by atoms with E-state index in [1.54, 1.807) is 7.05 Å². The number of hydrogen-bond donors (Lipinski definition) is 2. The van der Waals surface area contributed by atoms with Gasteiger partial charge in [0, 0.05) is 48.0 Å². The second kappa shape index (κ2) is 10.7. The van der Waals surface area contributed by atoms with Crippen molar-refractivity contribution in [1.82, 2.24) is 15.5 Å². The largest absolute Gasteiger partial charge is 0.354 e. The fraction of sp³-hybridized carbons (Fsp3) is 0.650. The molecule has 3 unspecified atom stereocenters. The molecule has 146 valence electrons. The fourth-order valence-electron chi connectivity index (χ4n) is 3.45. The van der Waals surface area contributed by atoms with Gasteiger partial charge in [-0.1, -0.05) is 37.6 Å². The Balaban J connectivity index is 1.83. The van der Waals surface area contributed by atoms with Crippen LogP contribution in [0.1, 0.15) is 43.7 Å². The van der Waals surface area contributed by atoms with Crippen molar-refractivity contribution in [3.8, 4) is 0 Å². The van der Waals surface area contributed by atoms with E-state index >= 15 is 0 Å². The molecule has 1 aliphatic carbocycles. The van der Waals surface area contributed by atoms with Crippen LogP contribution in [-0.4, -0.2) is 53.3 Å². The lowest BCUT2D eigenvalue weighted by atomic mass is 9.95. The first-order valence-electron chi connectivity index (χ1n) is 9.58. The lowest BCUT2D eigenvalue weighted by Gasteiger charge is -2.30. The molecule has 3 atom stereocenters. The van der Waals surface area contributed by atoms with Crippen molar-refractivity contribution in [2.45, 2.75) is 57.0 Å². The minimum atomic E-state index is -0.695. The topological polar surface area (TPSA) is 56.7 Å². The van der Waals surface area contributed by atoms with Crippen molar-refractivity contribution in [2.24, 2.45) is 4.99 Å². The van der Waals surface area contributed by atoms with E-state index in [4.69, 9.17) is 0 Å². The molecule has 0 radical (unpaired) electrons. The standard InChI is InChI=1S/C20H34N4OS/c1-5-26(25)19-8-6-7-18(13-19)23-20(21-2)22-14-16-9-11-17(12-10-16)15-24(3)4/h9-12,18-19H,5-8,13-15H2,1-4H3,(H2,21,22,23). The predicted octanol–water partition coefficient (Wildman–Crippen LogP) is 2.49. The summed E-state index contributed by atoms with van der Waals surface area (Å²) in [5.74, 6) is 1.59. The molecule has 2 rings (SSSR count). The highest BCUT2D eigenvalue weighted by molar-refractivity contribution is 7.85. The van der Waals surface area contributed by atoms with Gasteiger partial charge in [-0.05, 0) is 44.5 Å². The first-order valence-corrected chi connectivity index (χ1v) is 11.0. The van der Waals surface area contributed by atoms with Gasteiger partial charge >= 0.3 is 0 Å². The second-order valence-electron chi connectivity index (χ2n) is 7.28. The van der Waals surface area contributed by atoms with Crippen LogP contribution in [0.3, 0.4) is 0 Å². The zero-order chi connectivity index (χ0) is 18.9. The number of guanidine groups is 1. The third-order valence-electron chi connectivity index (χ3n) is 4.83. The normalized spacial score (nSPS) is 22.3. The summed E-state index contributed by atoms with van der Waals surface area (Å²) in [6, 6.07) is 9.05. The lowest BCUT2D eigenvalue weighted by molar-refractivity contribution is 0.402. The summed E-state index contributed by atoms with van der Waals surface area (Å²) in [5.41, 5.74) is 2.56. The minimum absolute atomic E-state index is 0.327. The second-order valence-corrected chi connectivity index (χ2v) is 9.28. The average Bonchev–Trinajstić information content (AvgIpc) is 2.65. The van der Waals surface area contributed by atoms with E-state index in [0.29, 0.717) is 11.3 Å². The summed E-state index contributed by atoms with van der Waals surface area (Å²) in [4.78, 5) is 6.52. The number of aliphatic imine (C=N–C) groups is 1. The highest BCUT2D eigenvalue weighted by atomic mass is 32.2. The van der Waals surface area contributed by atoms with Crippen LogP contribution in [0.5, 0.6) is 0 Å². The Morgan fingerprint density at radius 2 is 1.92 bits per heavy atom. The zero-order valence-corrected chi connectivity index (χ0v) is 17.4. The summed E-state index contributed by atoms with van der Waals surface area (Å²) in [7, 11) is 5.27. The van der Waals surface area contributed by atoms with Crippen LogP contribution in [-0.2, 0) is 23.9 Å². The van der Waals surface area contributed by atoms with Crippen molar-refractivity contribution < 1.29 is 4.21 Å². The van der Waals surface area contributed by atoms with Gasteiger partial charge in [0.15, 0.2) is 5.96 Å². The number of hydrogen-bond acceptors (Lipinski definition) is 3. The van der Waals surface area contributed by atoms with Crippen molar-refractivity contribution in [3.05, 3.63) is 35.4 Å². The van der Waals surface area contributed by atoms with Gasteiger partial charge < -0.3 is 15.5 Å². The van der Waals surface area contributed by atoms with Gasteiger partial charge in [0.25, 0.3) is 0 Å². The van der Waals surface area contributed by atoms with Crippen molar-refractivity contribution in [2.75, 3.05) is 26.9 Å². The van der Waals surface area contributed by atoms with Gasteiger partial charge in [0.2, 0.25) is 0 Å². The van der Waals surface area contributed by atoms with Gasteiger partial charge in [0.1, 0.15) is 0 Å². The maximum Gasteiger partial charge on any atom is 0.191 e. The Labute approximate surface area is 161 Å². The molecule has 1 fully saturated rings. The van der Waals surface area contributed by atoms with Crippen molar-refractivity contribution in [3.63, 3.8) is 0 Å². The van der Waals surface area contributed by atoms with Gasteiger partial charge in [-0.2, -0.15) is 0 Å². The molecular weight excluding hydrogens is 344 g/mol. The summed E-state index contributed by atoms with van der Waals surface area (Å²) < 4.78 is 12.1. The molecule has 0 bridgehead atoms. The monoisotopic (exact) mass is 378 g/mol. The third-order valence-corrected chi connectivity index (χ3v) is 6.57. The third kappa shape index (κ3) is 6.72. The van der Waals surface area contributed by atoms with E-state index in [0.717, 1.165) is 50.5 Å². The van der Waals surface area contributed by atoms with Crippen LogP contribution in [0.15, 0.2) is 29.3 Å². The predicted molar refractivity (Wildman–Crippen MR) is 112 cm³/mol. The Morgan fingerprint density at radius 3 is 2.54 bits per heavy atom. The van der Waals surface area contributed by atoms with Gasteiger partial charge in [0.05, 0.1) is 0 Å². The highest BCUT2D eigenvalue weighted by Gasteiger charge is 2.25. The molecule has 1 aliphatic rings. The fourth-order valence-corrected chi connectivity index (χ4v) is 4.80. The Kier molecular flexibility index (Phi) is 8.59. The van der Waals surface area contributed by atoms with Crippen LogP contribution in [0.25, 0.3) is 0 Å². The van der Waals surface area contributed by atoms with Crippen molar-refractivity contribution in [1.29, 1.82) is 0 Å². The van der Waals surface area contributed by atoms with Crippen molar-refractivity contribution >= 4 is 16.8 Å². The van der Waals surface area contributed by atoms with Gasteiger partial charge in [-0.15, -0.1) is 0 Å². The Morgan fingerprint density at radius 1 is 1.23 bits per heavy atom. The molecule has 26 heavy (non-hydrogen) atoms. The molecule has 0 spiro atoms. The maximum absolute atomic E-state index is 12.1. The number of benzene rings is 1. The minimum Gasteiger partial charge on any atom is -0.354 e. The molecule has 0 amide bonds. The van der Waals surface area contributed by atoms with Crippen LogP contribution in [0.2, 0.25) is 0 Å². The van der Waals surface area contributed by atoms with Gasteiger partial charge in [-0.25, -0.2) is 0 Å². The molecule has 0 aromatic heterocycles. The molecule has 1 aromatic carbocycles. The molecule has 0 aliphatic heterocycles. The summed E-state index contributed by atoms with van der Waals surface area (Å²) in [5, 5.41) is 7.25. The molecule has 2 N–H and O–H groups in total. The quantitative estimate of drug-likeness (QED) is 0.565. The zero-order valence-electron chi connectivity index (χ0n) is 16.6. The van der Waals surface area contributed by atoms with Crippen LogP contribution in [0.4, 0.5) is 0 Å². The number of nitrogens with zero attached hydrogens (tertiary/aromatic N) is 2. The smallest absolute Gasteiger partial charge is 0.191 e.